The molecule has 4 rings (SSSR count). The average molecular weight is 547 g/mol. The van der Waals surface area contributed by atoms with Crippen LogP contribution in [0.5, 0.6) is 0 Å². The van der Waals surface area contributed by atoms with Gasteiger partial charge in [0, 0.05) is 18.1 Å². The van der Waals surface area contributed by atoms with Gasteiger partial charge >= 0.3 is 0 Å². The highest BCUT2D eigenvalue weighted by molar-refractivity contribution is 7.89. The third-order valence-electron chi connectivity index (χ3n) is 7.45. The molecular formula is C27H35ClN4O4S. The number of fused-ring (bicyclic) bond motifs is 1. The summed E-state index contributed by atoms with van der Waals surface area (Å²) in [5, 5.41) is 0.466. The van der Waals surface area contributed by atoms with Gasteiger partial charge in [-0.15, -0.1) is 0 Å². The molecule has 0 spiro atoms. The number of rotatable bonds is 8. The second-order valence-electron chi connectivity index (χ2n) is 10.0. The smallest absolute Gasteiger partial charge is 0.244 e. The van der Waals surface area contributed by atoms with Crippen molar-refractivity contribution in [3.05, 3.63) is 63.2 Å². The maximum atomic E-state index is 13.8. The summed E-state index contributed by atoms with van der Waals surface area (Å²) in [5.74, 6) is -1.11. The number of nitrogens with zero attached hydrogens (tertiary/aromatic N) is 2. The van der Waals surface area contributed by atoms with Crippen molar-refractivity contribution in [3.63, 3.8) is 0 Å². The first kappa shape index (κ1) is 27.6. The highest BCUT2D eigenvalue weighted by Gasteiger charge is 2.45. The Labute approximate surface area is 224 Å². The van der Waals surface area contributed by atoms with Gasteiger partial charge in [0.05, 0.1) is 17.4 Å². The Hall–Kier alpha value is -2.46. The minimum atomic E-state index is -4.08. The van der Waals surface area contributed by atoms with Crippen molar-refractivity contribution in [1.29, 1.82) is 0 Å². The monoisotopic (exact) mass is 546 g/mol. The van der Waals surface area contributed by atoms with E-state index < -0.39 is 22.0 Å². The first-order valence-electron chi connectivity index (χ1n) is 12.7. The standard InChI is InChI=1S/C27H35ClN4O4S/c1-17-14-25(18(2)13-22(17)28)37(35,36)32-12-11-31(27(34)24(32)16-26(30)33)23-7-3-6-20-15-19(5-4-10-29)8-9-21(20)23/h8-9,13-15,23-24H,3-7,10-12,16,29H2,1-2H3,(H2,30,33)/t23-,24?/m1/s1. The number of aryl methyl sites for hydroxylation is 4. The minimum absolute atomic E-state index is 0.0769. The molecule has 200 valence electrons. The third kappa shape index (κ3) is 5.55. The second kappa shape index (κ2) is 11.1. The number of carbonyl (C=O) groups is 2. The van der Waals surface area contributed by atoms with Crippen LogP contribution < -0.4 is 11.5 Å². The molecule has 2 aromatic carbocycles. The molecule has 1 aliphatic carbocycles. The minimum Gasteiger partial charge on any atom is -0.370 e. The molecule has 4 N–H and O–H groups in total. The zero-order chi connectivity index (χ0) is 26.9. The van der Waals surface area contributed by atoms with Crippen molar-refractivity contribution in [2.75, 3.05) is 19.6 Å². The number of amides is 2. The molecule has 2 aromatic rings. The van der Waals surface area contributed by atoms with E-state index in [0.29, 0.717) is 22.7 Å². The van der Waals surface area contributed by atoms with Gasteiger partial charge in [0.25, 0.3) is 0 Å². The van der Waals surface area contributed by atoms with Crippen LogP contribution in [0.1, 0.15) is 59.5 Å². The van der Waals surface area contributed by atoms with Crippen LogP contribution in [-0.4, -0.2) is 55.1 Å². The number of nitrogens with two attached hydrogens (primary N) is 2. The highest BCUT2D eigenvalue weighted by atomic mass is 35.5. The summed E-state index contributed by atoms with van der Waals surface area (Å²) in [6.07, 6.45) is 4.09. The molecule has 1 heterocycles. The maximum absolute atomic E-state index is 13.8. The van der Waals surface area contributed by atoms with Crippen LogP contribution in [0.3, 0.4) is 0 Å². The summed E-state index contributed by atoms with van der Waals surface area (Å²) in [6, 6.07) is 8.14. The van der Waals surface area contributed by atoms with Crippen LogP contribution in [-0.2, 0) is 32.5 Å². The van der Waals surface area contributed by atoms with Crippen molar-refractivity contribution in [1.82, 2.24) is 9.21 Å². The summed E-state index contributed by atoms with van der Waals surface area (Å²) in [5.41, 5.74) is 15.8. The van der Waals surface area contributed by atoms with Crippen LogP contribution >= 0.6 is 11.6 Å². The zero-order valence-electron chi connectivity index (χ0n) is 21.4. The Kier molecular flexibility index (Phi) is 8.28. The normalized spacial score (nSPS) is 20.6. The summed E-state index contributed by atoms with van der Waals surface area (Å²) in [4.78, 5) is 27.7. The highest BCUT2D eigenvalue weighted by Crippen LogP contribution is 2.38. The fraction of sp³-hybridized carbons (Fsp3) is 0.481. The number of piperazine rings is 1. The van der Waals surface area contributed by atoms with Gasteiger partial charge in [-0.25, -0.2) is 8.42 Å². The quantitative estimate of drug-likeness (QED) is 0.526. The third-order valence-corrected chi connectivity index (χ3v) is 9.91. The van der Waals surface area contributed by atoms with Crippen LogP contribution in [0.4, 0.5) is 0 Å². The van der Waals surface area contributed by atoms with Gasteiger partial charge in [0.1, 0.15) is 6.04 Å². The molecular weight excluding hydrogens is 512 g/mol. The Morgan fingerprint density at radius 1 is 1.14 bits per heavy atom. The first-order chi connectivity index (χ1) is 17.5. The Balaban J connectivity index is 1.66. The predicted octanol–water partition coefficient (Wildman–Crippen LogP) is 3.00. The van der Waals surface area contributed by atoms with E-state index in [0.717, 1.165) is 42.0 Å². The molecule has 2 aliphatic rings. The number of hydrogen-bond donors (Lipinski definition) is 2. The van der Waals surface area contributed by atoms with E-state index in [2.05, 4.69) is 18.2 Å². The van der Waals surface area contributed by atoms with E-state index in [-0.39, 0.29) is 36.4 Å². The molecule has 0 radical (unpaired) electrons. The molecule has 37 heavy (non-hydrogen) atoms. The fourth-order valence-corrected chi connectivity index (χ4v) is 7.63. The molecule has 1 aliphatic heterocycles. The second-order valence-corrected chi connectivity index (χ2v) is 12.3. The van der Waals surface area contributed by atoms with Gasteiger partial charge in [-0.2, -0.15) is 4.31 Å². The SMILES string of the molecule is Cc1cc(S(=O)(=O)N2CCN([C@@H]3CCCc4cc(CCCN)ccc43)C(=O)C2CC(N)=O)c(C)cc1Cl. The maximum Gasteiger partial charge on any atom is 0.244 e. The van der Waals surface area contributed by atoms with Crippen molar-refractivity contribution in [3.8, 4) is 0 Å². The van der Waals surface area contributed by atoms with E-state index >= 15 is 0 Å². The largest absolute Gasteiger partial charge is 0.370 e. The van der Waals surface area contributed by atoms with E-state index in [4.69, 9.17) is 23.1 Å². The van der Waals surface area contributed by atoms with Gasteiger partial charge in [0.15, 0.2) is 0 Å². The Bertz CT molecular complexity index is 1310. The molecule has 1 unspecified atom stereocenters. The van der Waals surface area contributed by atoms with E-state index in [9.17, 15) is 18.0 Å². The van der Waals surface area contributed by atoms with Crippen LogP contribution in [0, 0.1) is 13.8 Å². The van der Waals surface area contributed by atoms with E-state index in [1.54, 1.807) is 24.8 Å². The fourth-order valence-electron chi connectivity index (χ4n) is 5.55. The van der Waals surface area contributed by atoms with Gasteiger partial charge < -0.3 is 16.4 Å². The Morgan fingerprint density at radius 2 is 1.89 bits per heavy atom. The molecule has 0 bridgehead atoms. The molecule has 0 aromatic heterocycles. The lowest BCUT2D eigenvalue weighted by atomic mass is 9.84. The molecule has 8 nitrogen and oxygen atoms in total. The van der Waals surface area contributed by atoms with Gasteiger partial charge in [-0.1, -0.05) is 29.8 Å². The Morgan fingerprint density at radius 3 is 2.59 bits per heavy atom. The lowest BCUT2D eigenvalue weighted by molar-refractivity contribution is -0.144. The molecule has 0 saturated carbocycles. The summed E-state index contributed by atoms with van der Waals surface area (Å²) in [7, 11) is -4.08. The van der Waals surface area contributed by atoms with Gasteiger partial charge in [-0.3, -0.25) is 9.59 Å². The van der Waals surface area contributed by atoms with Gasteiger partial charge in [0.2, 0.25) is 21.8 Å². The number of primary amides is 1. The number of benzene rings is 2. The molecule has 1 fully saturated rings. The first-order valence-corrected chi connectivity index (χ1v) is 14.6. The topological polar surface area (TPSA) is 127 Å². The number of sulfonamides is 1. The number of hydrogen-bond acceptors (Lipinski definition) is 5. The molecule has 2 amide bonds. The van der Waals surface area contributed by atoms with Crippen LogP contribution in [0.2, 0.25) is 5.02 Å². The van der Waals surface area contributed by atoms with E-state index in [1.807, 2.05) is 0 Å². The van der Waals surface area contributed by atoms with Crippen LogP contribution in [0.15, 0.2) is 35.2 Å². The zero-order valence-corrected chi connectivity index (χ0v) is 22.9. The van der Waals surface area contributed by atoms with Crippen molar-refractivity contribution in [2.24, 2.45) is 11.5 Å². The van der Waals surface area contributed by atoms with Crippen molar-refractivity contribution in [2.45, 2.75) is 69.4 Å². The summed E-state index contributed by atoms with van der Waals surface area (Å²) < 4.78 is 28.7. The number of halogens is 1. The molecule has 1 saturated heterocycles. The average Bonchev–Trinajstić information content (AvgIpc) is 2.85. The van der Waals surface area contributed by atoms with Crippen molar-refractivity contribution >= 4 is 33.4 Å². The number of carbonyl (C=O) groups excluding carboxylic acids is 2. The lowest BCUT2D eigenvalue weighted by Gasteiger charge is -2.44. The predicted molar refractivity (Wildman–Crippen MR) is 144 cm³/mol. The van der Waals surface area contributed by atoms with Crippen molar-refractivity contribution < 1.29 is 18.0 Å². The summed E-state index contributed by atoms with van der Waals surface area (Å²) >= 11 is 6.19. The molecule has 2 atom stereocenters. The lowest BCUT2D eigenvalue weighted by Crippen LogP contribution is -2.60. The van der Waals surface area contributed by atoms with E-state index in [1.165, 1.54) is 17.2 Å². The van der Waals surface area contributed by atoms with Gasteiger partial charge in [-0.05, 0) is 92.4 Å². The summed E-state index contributed by atoms with van der Waals surface area (Å²) in [6.45, 7) is 4.34. The molecule has 10 heteroatoms. The van der Waals surface area contributed by atoms with Crippen LogP contribution in [0.25, 0.3) is 0 Å².